The van der Waals surface area contributed by atoms with Crippen LogP contribution >= 0.6 is 11.8 Å². The Hall–Kier alpha value is -1.17. The van der Waals surface area contributed by atoms with Crippen molar-refractivity contribution in [1.82, 2.24) is 15.1 Å². The summed E-state index contributed by atoms with van der Waals surface area (Å²) < 4.78 is 1.53. The van der Waals surface area contributed by atoms with E-state index in [1.54, 1.807) is 25.0 Å². The van der Waals surface area contributed by atoms with E-state index in [9.17, 15) is 4.79 Å². The van der Waals surface area contributed by atoms with Gasteiger partial charge in [-0.15, -0.1) is 0 Å². The SMILES string of the molecule is CSCC(C)NC(=O)c1nn(C)cc1N. The maximum Gasteiger partial charge on any atom is 0.274 e. The van der Waals surface area contributed by atoms with Crippen LogP contribution in [0.25, 0.3) is 0 Å². The fourth-order valence-electron chi connectivity index (χ4n) is 1.27. The lowest BCUT2D eigenvalue weighted by molar-refractivity contribution is 0.0939. The van der Waals surface area contributed by atoms with Gasteiger partial charge in [0, 0.05) is 25.0 Å². The third-order valence-electron chi connectivity index (χ3n) is 1.87. The maximum atomic E-state index is 11.7. The Bertz CT molecular complexity index is 350. The maximum absolute atomic E-state index is 11.7. The number of nitrogens with zero attached hydrogens (tertiary/aromatic N) is 2. The first-order valence-electron chi connectivity index (χ1n) is 4.63. The van der Waals surface area contributed by atoms with Crippen LogP contribution in [0.4, 0.5) is 5.69 Å². The predicted molar refractivity (Wildman–Crippen MR) is 62.9 cm³/mol. The number of nitrogen functional groups attached to an aromatic ring is 1. The van der Waals surface area contributed by atoms with Crippen molar-refractivity contribution in [3.8, 4) is 0 Å². The highest BCUT2D eigenvalue weighted by Crippen LogP contribution is 2.08. The number of hydrogen-bond donors (Lipinski definition) is 2. The summed E-state index contributed by atoms with van der Waals surface area (Å²) in [5, 5.41) is 6.83. The summed E-state index contributed by atoms with van der Waals surface area (Å²) in [4.78, 5) is 11.7. The lowest BCUT2D eigenvalue weighted by Crippen LogP contribution is -2.34. The number of carbonyl (C=O) groups excluding carboxylic acids is 1. The van der Waals surface area contributed by atoms with Gasteiger partial charge in [0.25, 0.3) is 5.91 Å². The van der Waals surface area contributed by atoms with E-state index in [1.807, 2.05) is 13.2 Å². The van der Waals surface area contributed by atoms with Crippen molar-refractivity contribution in [3.05, 3.63) is 11.9 Å². The summed E-state index contributed by atoms with van der Waals surface area (Å²) in [6, 6.07) is 0.119. The Kier molecular flexibility index (Phi) is 4.02. The molecule has 0 spiro atoms. The molecule has 0 saturated heterocycles. The number of carbonyl (C=O) groups is 1. The number of aromatic nitrogens is 2. The molecule has 15 heavy (non-hydrogen) atoms. The Labute approximate surface area is 93.4 Å². The fourth-order valence-corrected chi connectivity index (χ4v) is 1.85. The second-order valence-corrected chi connectivity index (χ2v) is 4.35. The molecule has 0 radical (unpaired) electrons. The molecule has 1 unspecified atom stereocenters. The zero-order chi connectivity index (χ0) is 11.4. The van der Waals surface area contributed by atoms with Crippen molar-refractivity contribution in [2.45, 2.75) is 13.0 Å². The molecule has 1 rings (SSSR count). The Morgan fingerprint density at radius 3 is 2.93 bits per heavy atom. The number of thioether (sulfide) groups is 1. The summed E-state index contributed by atoms with van der Waals surface area (Å²) in [6.07, 6.45) is 3.62. The van der Waals surface area contributed by atoms with Crippen molar-refractivity contribution >= 4 is 23.4 Å². The van der Waals surface area contributed by atoms with Crippen molar-refractivity contribution in [1.29, 1.82) is 0 Å². The number of rotatable bonds is 4. The minimum Gasteiger partial charge on any atom is -0.396 e. The van der Waals surface area contributed by atoms with Crippen LogP contribution in [0.15, 0.2) is 6.20 Å². The number of nitrogens with one attached hydrogen (secondary N) is 1. The van der Waals surface area contributed by atoms with Crippen LogP contribution < -0.4 is 11.1 Å². The highest BCUT2D eigenvalue weighted by atomic mass is 32.2. The van der Waals surface area contributed by atoms with E-state index in [-0.39, 0.29) is 11.9 Å². The van der Waals surface area contributed by atoms with E-state index >= 15 is 0 Å². The molecule has 3 N–H and O–H groups in total. The van der Waals surface area contributed by atoms with Gasteiger partial charge in [-0.05, 0) is 13.2 Å². The lowest BCUT2D eigenvalue weighted by atomic mass is 10.3. The van der Waals surface area contributed by atoms with Crippen LogP contribution in [0, 0.1) is 0 Å². The monoisotopic (exact) mass is 228 g/mol. The first-order valence-corrected chi connectivity index (χ1v) is 6.03. The van der Waals surface area contributed by atoms with Crippen LogP contribution in [0.3, 0.4) is 0 Å². The number of amides is 1. The molecule has 6 heteroatoms. The van der Waals surface area contributed by atoms with Crippen LogP contribution in [0.5, 0.6) is 0 Å². The van der Waals surface area contributed by atoms with Gasteiger partial charge in [0.2, 0.25) is 0 Å². The molecule has 1 aromatic heterocycles. The molecule has 5 nitrogen and oxygen atoms in total. The van der Waals surface area contributed by atoms with Crippen molar-refractivity contribution in [2.24, 2.45) is 7.05 Å². The highest BCUT2D eigenvalue weighted by Gasteiger charge is 2.15. The molecule has 84 valence electrons. The van der Waals surface area contributed by atoms with Crippen LogP contribution in [-0.4, -0.2) is 33.7 Å². The molecule has 0 fully saturated rings. The van der Waals surface area contributed by atoms with E-state index in [0.29, 0.717) is 11.4 Å². The number of anilines is 1. The van der Waals surface area contributed by atoms with Crippen molar-refractivity contribution < 1.29 is 4.79 Å². The second kappa shape index (κ2) is 5.06. The van der Waals surface area contributed by atoms with Gasteiger partial charge in [0.05, 0.1) is 5.69 Å². The van der Waals surface area contributed by atoms with Gasteiger partial charge in [0.15, 0.2) is 5.69 Å². The van der Waals surface area contributed by atoms with E-state index < -0.39 is 0 Å². The Morgan fingerprint density at radius 1 is 1.80 bits per heavy atom. The molecule has 1 aromatic rings. The van der Waals surface area contributed by atoms with E-state index in [0.717, 1.165) is 5.75 Å². The van der Waals surface area contributed by atoms with E-state index in [4.69, 9.17) is 5.73 Å². The minimum absolute atomic E-state index is 0.119. The summed E-state index contributed by atoms with van der Waals surface area (Å²) >= 11 is 1.68. The quantitative estimate of drug-likeness (QED) is 0.786. The molecule has 0 aromatic carbocycles. The van der Waals surface area contributed by atoms with Crippen LogP contribution in [0.1, 0.15) is 17.4 Å². The summed E-state index contributed by atoms with van der Waals surface area (Å²) in [5.74, 6) is 0.660. The third kappa shape index (κ3) is 3.16. The molecule has 1 atom stereocenters. The topological polar surface area (TPSA) is 72.9 Å². The highest BCUT2D eigenvalue weighted by molar-refractivity contribution is 7.98. The van der Waals surface area contributed by atoms with Gasteiger partial charge < -0.3 is 11.1 Å². The second-order valence-electron chi connectivity index (χ2n) is 3.44. The van der Waals surface area contributed by atoms with Gasteiger partial charge in [0.1, 0.15) is 0 Å². The largest absolute Gasteiger partial charge is 0.396 e. The lowest BCUT2D eigenvalue weighted by Gasteiger charge is -2.11. The number of nitrogens with two attached hydrogens (primary N) is 1. The molecular weight excluding hydrogens is 212 g/mol. The van der Waals surface area contributed by atoms with Crippen LogP contribution in [-0.2, 0) is 7.05 Å². The van der Waals surface area contributed by atoms with E-state index in [1.165, 1.54) is 4.68 Å². The van der Waals surface area contributed by atoms with E-state index in [2.05, 4.69) is 10.4 Å². The van der Waals surface area contributed by atoms with Gasteiger partial charge in [-0.25, -0.2) is 0 Å². The molecule has 0 aliphatic heterocycles. The fraction of sp³-hybridized carbons (Fsp3) is 0.556. The average Bonchev–Trinajstić information content (AvgIpc) is 2.45. The molecule has 0 saturated carbocycles. The van der Waals surface area contributed by atoms with Crippen molar-refractivity contribution in [2.75, 3.05) is 17.7 Å². The zero-order valence-corrected chi connectivity index (χ0v) is 9.97. The Balaban J connectivity index is 2.65. The van der Waals surface area contributed by atoms with Gasteiger partial charge in [-0.3, -0.25) is 9.48 Å². The summed E-state index contributed by atoms with van der Waals surface area (Å²) in [7, 11) is 1.73. The van der Waals surface area contributed by atoms with Gasteiger partial charge in [-0.1, -0.05) is 0 Å². The predicted octanol–water partition coefficient (Wildman–Crippen LogP) is 0.484. The van der Waals surface area contributed by atoms with Crippen LogP contribution in [0.2, 0.25) is 0 Å². The molecule has 1 heterocycles. The molecule has 0 bridgehead atoms. The Morgan fingerprint density at radius 2 is 2.47 bits per heavy atom. The first kappa shape index (κ1) is 11.9. The zero-order valence-electron chi connectivity index (χ0n) is 9.15. The molecular formula is C9H16N4OS. The number of aryl methyl sites for hydroxylation is 1. The number of hydrogen-bond acceptors (Lipinski definition) is 4. The third-order valence-corrected chi connectivity index (χ3v) is 2.70. The molecule has 0 aliphatic rings. The van der Waals surface area contributed by atoms with Gasteiger partial charge in [-0.2, -0.15) is 16.9 Å². The normalized spacial score (nSPS) is 12.5. The summed E-state index contributed by atoms with van der Waals surface area (Å²) in [5.41, 5.74) is 6.35. The molecule has 1 amide bonds. The smallest absolute Gasteiger partial charge is 0.274 e. The van der Waals surface area contributed by atoms with Gasteiger partial charge >= 0.3 is 0 Å². The summed E-state index contributed by atoms with van der Waals surface area (Å²) in [6.45, 7) is 1.95. The molecule has 0 aliphatic carbocycles. The first-order chi connectivity index (χ1) is 7.04. The average molecular weight is 228 g/mol. The standard InChI is InChI=1S/C9H16N4OS/c1-6(5-15-3)11-9(14)8-7(10)4-13(2)12-8/h4,6H,5,10H2,1-3H3,(H,11,14). The van der Waals surface area contributed by atoms with Crippen molar-refractivity contribution in [3.63, 3.8) is 0 Å². The minimum atomic E-state index is -0.213.